The summed E-state index contributed by atoms with van der Waals surface area (Å²) in [5.41, 5.74) is 4.44. The summed E-state index contributed by atoms with van der Waals surface area (Å²) in [5.74, 6) is 10.5. The lowest BCUT2D eigenvalue weighted by molar-refractivity contribution is -0.0525. The third kappa shape index (κ3) is 2.33. The number of nitrogens with two attached hydrogens (primary N) is 1. The largest absolute Gasteiger partial charge is 0.272 e. The van der Waals surface area contributed by atoms with Gasteiger partial charge in [-0.15, -0.1) is 0 Å². The van der Waals surface area contributed by atoms with E-state index in [1.165, 1.54) is 37.7 Å². The van der Waals surface area contributed by atoms with Gasteiger partial charge in [-0.25, -0.2) is 0 Å². The molecule has 116 valence electrons. The number of hydrazine groups is 1. The van der Waals surface area contributed by atoms with Crippen molar-refractivity contribution < 1.29 is 0 Å². The van der Waals surface area contributed by atoms with Crippen LogP contribution < -0.4 is 11.3 Å². The second-order valence-electron chi connectivity index (χ2n) is 7.69. The lowest BCUT2D eigenvalue weighted by Crippen LogP contribution is -2.50. The first-order valence-corrected chi connectivity index (χ1v) is 8.77. The molecule has 1 aromatic heterocycles. The topological polar surface area (TPSA) is 55.9 Å². The Hall–Kier alpha value is -0.870. The zero-order chi connectivity index (χ0) is 14.4. The smallest absolute Gasteiger partial charge is 0.0538 e. The van der Waals surface area contributed by atoms with Crippen molar-refractivity contribution in [3.8, 4) is 0 Å². The lowest BCUT2D eigenvalue weighted by atomic mass is 9.50. The molecule has 1 aromatic rings. The minimum absolute atomic E-state index is 0.297. The van der Waals surface area contributed by atoms with Crippen LogP contribution >= 0.6 is 0 Å². The summed E-state index contributed by atoms with van der Waals surface area (Å²) in [6.07, 6.45) is 12.6. The summed E-state index contributed by atoms with van der Waals surface area (Å²) in [5, 5.41) is 4.51. The van der Waals surface area contributed by atoms with Crippen LogP contribution in [-0.2, 0) is 6.54 Å². The third-order valence-corrected chi connectivity index (χ3v) is 6.33. The summed E-state index contributed by atoms with van der Waals surface area (Å²) >= 11 is 0. The SMILES string of the molecule is CCCn1cc(C(NN)C2C3CC4CC(C3)CC2C4)cn1. The standard InChI is InChI=1S/C17H28N4/c1-2-3-21-10-15(9-19-21)17(20-18)16-13-5-11-4-12(7-13)8-14(16)6-11/h9-14,16-17,20H,2-8,18H2,1H3. The second kappa shape index (κ2) is 5.40. The van der Waals surface area contributed by atoms with E-state index in [0.29, 0.717) is 6.04 Å². The van der Waals surface area contributed by atoms with Gasteiger partial charge in [0.2, 0.25) is 0 Å². The fourth-order valence-electron chi connectivity index (χ4n) is 5.83. The Morgan fingerprint density at radius 2 is 1.90 bits per heavy atom. The molecule has 4 bridgehead atoms. The van der Waals surface area contributed by atoms with Crippen LogP contribution in [0.1, 0.15) is 57.1 Å². The van der Waals surface area contributed by atoms with Crippen molar-refractivity contribution in [1.82, 2.24) is 15.2 Å². The minimum Gasteiger partial charge on any atom is -0.272 e. The molecule has 4 aliphatic carbocycles. The molecule has 1 atom stereocenters. The molecule has 21 heavy (non-hydrogen) atoms. The van der Waals surface area contributed by atoms with Gasteiger partial charge in [0, 0.05) is 18.3 Å². The lowest BCUT2D eigenvalue weighted by Gasteiger charge is -2.56. The highest BCUT2D eigenvalue weighted by Gasteiger charge is 2.50. The Labute approximate surface area is 127 Å². The molecular weight excluding hydrogens is 260 g/mol. The molecule has 1 heterocycles. The zero-order valence-electron chi connectivity index (χ0n) is 13.0. The van der Waals surface area contributed by atoms with Crippen molar-refractivity contribution in [3.63, 3.8) is 0 Å². The van der Waals surface area contributed by atoms with E-state index >= 15 is 0 Å². The number of aryl methyl sites for hydroxylation is 1. The molecule has 0 spiro atoms. The van der Waals surface area contributed by atoms with Crippen LogP contribution in [-0.4, -0.2) is 9.78 Å². The van der Waals surface area contributed by atoms with Crippen molar-refractivity contribution in [2.75, 3.05) is 0 Å². The molecule has 4 saturated carbocycles. The molecule has 0 saturated heterocycles. The molecule has 0 aliphatic heterocycles. The average molecular weight is 288 g/mol. The first-order valence-electron chi connectivity index (χ1n) is 8.77. The van der Waals surface area contributed by atoms with Gasteiger partial charge in [-0.2, -0.15) is 5.10 Å². The highest BCUT2D eigenvalue weighted by Crippen LogP contribution is 2.59. The molecule has 4 heteroatoms. The van der Waals surface area contributed by atoms with E-state index in [9.17, 15) is 0 Å². The molecule has 0 radical (unpaired) electrons. The molecule has 3 N–H and O–H groups in total. The molecule has 1 unspecified atom stereocenters. The molecule has 5 rings (SSSR count). The number of nitrogens with one attached hydrogen (secondary N) is 1. The summed E-state index contributed by atoms with van der Waals surface area (Å²) in [6.45, 7) is 3.19. The Kier molecular flexibility index (Phi) is 3.54. The molecule has 0 aromatic carbocycles. The fraction of sp³-hybridized carbons (Fsp3) is 0.824. The number of hydrogen-bond donors (Lipinski definition) is 2. The number of hydrogen-bond acceptors (Lipinski definition) is 3. The normalized spacial score (nSPS) is 38.9. The quantitative estimate of drug-likeness (QED) is 0.647. The molecule has 4 aliphatic rings. The minimum atomic E-state index is 0.297. The van der Waals surface area contributed by atoms with Gasteiger partial charge in [-0.1, -0.05) is 6.92 Å². The fourth-order valence-corrected chi connectivity index (χ4v) is 5.83. The molecule has 4 nitrogen and oxygen atoms in total. The van der Waals surface area contributed by atoms with Gasteiger partial charge >= 0.3 is 0 Å². The van der Waals surface area contributed by atoms with Crippen molar-refractivity contribution in [2.24, 2.45) is 35.4 Å². The van der Waals surface area contributed by atoms with Crippen LogP contribution in [0.15, 0.2) is 12.4 Å². The number of aromatic nitrogens is 2. The third-order valence-electron chi connectivity index (χ3n) is 6.33. The van der Waals surface area contributed by atoms with Crippen LogP contribution in [0.25, 0.3) is 0 Å². The predicted molar refractivity (Wildman–Crippen MR) is 83.1 cm³/mol. The van der Waals surface area contributed by atoms with Gasteiger partial charge in [0.1, 0.15) is 0 Å². The van der Waals surface area contributed by atoms with E-state index in [1.807, 2.05) is 6.20 Å². The Bertz CT molecular complexity index is 467. The molecule has 4 fully saturated rings. The zero-order valence-corrected chi connectivity index (χ0v) is 13.0. The monoisotopic (exact) mass is 288 g/mol. The first-order chi connectivity index (χ1) is 10.3. The summed E-state index contributed by atoms with van der Waals surface area (Å²) in [6, 6.07) is 0.297. The van der Waals surface area contributed by atoms with E-state index in [4.69, 9.17) is 5.84 Å². The van der Waals surface area contributed by atoms with Crippen molar-refractivity contribution in [3.05, 3.63) is 18.0 Å². The van der Waals surface area contributed by atoms with Crippen molar-refractivity contribution in [2.45, 2.75) is 58.0 Å². The maximum atomic E-state index is 5.98. The summed E-state index contributed by atoms with van der Waals surface area (Å²) in [4.78, 5) is 0. The van der Waals surface area contributed by atoms with Crippen LogP contribution in [0, 0.1) is 29.6 Å². The average Bonchev–Trinajstić information content (AvgIpc) is 2.91. The van der Waals surface area contributed by atoms with E-state index in [2.05, 4.69) is 28.3 Å². The van der Waals surface area contributed by atoms with Gasteiger partial charge in [-0.3, -0.25) is 16.0 Å². The Morgan fingerprint density at radius 3 is 2.48 bits per heavy atom. The second-order valence-corrected chi connectivity index (χ2v) is 7.69. The van der Waals surface area contributed by atoms with Crippen LogP contribution in [0.5, 0.6) is 0 Å². The predicted octanol–water partition coefficient (Wildman–Crippen LogP) is 2.87. The van der Waals surface area contributed by atoms with Gasteiger partial charge in [-0.05, 0) is 68.1 Å². The van der Waals surface area contributed by atoms with Gasteiger partial charge in [0.15, 0.2) is 0 Å². The summed E-state index contributed by atoms with van der Waals surface area (Å²) < 4.78 is 2.07. The summed E-state index contributed by atoms with van der Waals surface area (Å²) in [7, 11) is 0. The number of rotatable bonds is 5. The Balaban J connectivity index is 1.57. The number of nitrogens with zero attached hydrogens (tertiary/aromatic N) is 2. The maximum absolute atomic E-state index is 5.98. The van der Waals surface area contributed by atoms with E-state index < -0.39 is 0 Å². The Morgan fingerprint density at radius 1 is 1.24 bits per heavy atom. The molecular formula is C17H28N4. The van der Waals surface area contributed by atoms with Crippen LogP contribution in [0.4, 0.5) is 0 Å². The van der Waals surface area contributed by atoms with Crippen LogP contribution in [0.3, 0.4) is 0 Å². The van der Waals surface area contributed by atoms with Gasteiger partial charge < -0.3 is 0 Å². The van der Waals surface area contributed by atoms with Crippen molar-refractivity contribution in [1.29, 1.82) is 0 Å². The van der Waals surface area contributed by atoms with Gasteiger partial charge in [0.25, 0.3) is 0 Å². The van der Waals surface area contributed by atoms with Crippen LogP contribution in [0.2, 0.25) is 0 Å². The van der Waals surface area contributed by atoms with E-state index in [-0.39, 0.29) is 0 Å². The molecule has 0 amide bonds. The van der Waals surface area contributed by atoms with E-state index in [0.717, 1.165) is 42.6 Å². The van der Waals surface area contributed by atoms with Crippen molar-refractivity contribution >= 4 is 0 Å². The van der Waals surface area contributed by atoms with Gasteiger partial charge in [0.05, 0.1) is 12.2 Å². The first kappa shape index (κ1) is 13.8. The van der Waals surface area contributed by atoms with E-state index in [1.54, 1.807) is 0 Å². The highest BCUT2D eigenvalue weighted by molar-refractivity contribution is 5.15. The maximum Gasteiger partial charge on any atom is 0.0538 e. The highest BCUT2D eigenvalue weighted by atomic mass is 15.3.